The summed E-state index contributed by atoms with van der Waals surface area (Å²) in [5.41, 5.74) is 1.00. The molecule has 0 aliphatic rings. The van der Waals surface area contributed by atoms with Crippen LogP contribution in [0.25, 0.3) is 10.6 Å². The van der Waals surface area contributed by atoms with Crippen LogP contribution in [0.5, 0.6) is 0 Å². The van der Waals surface area contributed by atoms with Gasteiger partial charge in [0, 0.05) is 4.88 Å². The highest BCUT2D eigenvalue weighted by Crippen LogP contribution is 2.33. The molecule has 0 saturated carbocycles. The Kier molecular flexibility index (Phi) is 4.18. The van der Waals surface area contributed by atoms with Crippen LogP contribution in [0.1, 0.15) is 10.4 Å². The normalized spacial score (nSPS) is 11.9. The molecule has 2 aromatic rings. The number of hydrogen-bond acceptors (Lipinski definition) is 2. The molecule has 0 N–H and O–H groups in total. The van der Waals surface area contributed by atoms with Gasteiger partial charge in [-0.15, -0.1) is 11.3 Å². The minimum atomic E-state index is -0.363. The zero-order valence-corrected chi connectivity index (χ0v) is 12.1. The fourth-order valence-electron chi connectivity index (χ4n) is 1.41. The molecule has 18 heavy (non-hydrogen) atoms. The predicted octanol–water partition coefficient (Wildman–Crippen LogP) is 5.28. The third kappa shape index (κ3) is 2.64. The second-order valence-electron chi connectivity index (χ2n) is 3.41. The van der Waals surface area contributed by atoms with Crippen molar-refractivity contribution in [3.63, 3.8) is 0 Å². The van der Waals surface area contributed by atoms with Gasteiger partial charge in [-0.25, -0.2) is 4.39 Å². The molecule has 1 heterocycles. The van der Waals surface area contributed by atoms with Crippen LogP contribution in [0.3, 0.4) is 0 Å². The van der Waals surface area contributed by atoms with Gasteiger partial charge in [-0.1, -0.05) is 23.7 Å². The number of rotatable bonds is 2. The zero-order valence-electron chi connectivity index (χ0n) is 8.95. The number of benzene rings is 1. The standard InChI is InChI=1S/C13H6BrClFNS/c14-10-6-8(3-4-11(10)16)13(15)9(7-17)12-2-1-5-18-12/h1-6H/b13-9+. The van der Waals surface area contributed by atoms with Gasteiger partial charge in [0.25, 0.3) is 0 Å². The Labute approximate surface area is 121 Å². The maximum atomic E-state index is 13.1. The first-order chi connectivity index (χ1) is 8.63. The Morgan fingerprint density at radius 3 is 2.72 bits per heavy atom. The lowest BCUT2D eigenvalue weighted by molar-refractivity contribution is 0.621. The van der Waals surface area contributed by atoms with Gasteiger partial charge in [0.05, 0.1) is 15.1 Å². The summed E-state index contributed by atoms with van der Waals surface area (Å²) in [5.74, 6) is -0.363. The summed E-state index contributed by atoms with van der Waals surface area (Å²) in [6.45, 7) is 0. The summed E-state index contributed by atoms with van der Waals surface area (Å²) in [5, 5.41) is 11.4. The molecule has 0 radical (unpaired) electrons. The quantitative estimate of drug-likeness (QED) is 0.681. The molecule has 2 rings (SSSR count). The van der Waals surface area contributed by atoms with Crippen LogP contribution < -0.4 is 0 Å². The average molecular weight is 343 g/mol. The van der Waals surface area contributed by atoms with E-state index >= 15 is 0 Å². The molecule has 90 valence electrons. The summed E-state index contributed by atoms with van der Waals surface area (Å²) in [7, 11) is 0. The van der Waals surface area contributed by atoms with Gasteiger partial charge in [0.2, 0.25) is 0 Å². The van der Waals surface area contributed by atoms with Crippen molar-refractivity contribution < 1.29 is 4.39 Å². The summed E-state index contributed by atoms with van der Waals surface area (Å²) in [4.78, 5) is 0.794. The van der Waals surface area contributed by atoms with Crippen molar-refractivity contribution in [2.45, 2.75) is 0 Å². The maximum absolute atomic E-state index is 13.1. The van der Waals surface area contributed by atoms with Crippen molar-refractivity contribution in [1.82, 2.24) is 0 Å². The Morgan fingerprint density at radius 1 is 1.39 bits per heavy atom. The lowest BCUT2D eigenvalue weighted by atomic mass is 10.1. The van der Waals surface area contributed by atoms with Gasteiger partial charge in [0.1, 0.15) is 11.9 Å². The van der Waals surface area contributed by atoms with Crippen molar-refractivity contribution in [1.29, 1.82) is 5.26 Å². The van der Waals surface area contributed by atoms with Gasteiger partial charge in [-0.2, -0.15) is 5.26 Å². The third-order valence-electron chi connectivity index (χ3n) is 2.27. The van der Waals surface area contributed by atoms with Gasteiger partial charge in [0.15, 0.2) is 0 Å². The highest BCUT2D eigenvalue weighted by atomic mass is 79.9. The van der Waals surface area contributed by atoms with Gasteiger partial charge >= 0.3 is 0 Å². The molecule has 0 spiro atoms. The molecule has 0 amide bonds. The summed E-state index contributed by atoms with van der Waals surface area (Å²) >= 11 is 10.7. The van der Waals surface area contributed by atoms with Crippen LogP contribution >= 0.6 is 38.9 Å². The molecule has 0 aliphatic heterocycles. The minimum Gasteiger partial charge on any atom is -0.206 e. The number of halogens is 3. The molecule has 0 fully saturated rings. The molecule has 0 saturated heterocycles. The lowest BCUT2D eigenvalue weighted by Gasteiger charge is -2.04. The Morgan fingerprint density at radius 2 is 2.17 bits per heavy atom. The molecular formula is C13H6BrClFNS. The second-order valence-corrected chi connectivity index (χ2v) is 5.59. The van der Waals surface area contributed by atoms with Crippen LogP contribution in [-0.2, 0) is 0 Å². The smallest absolute Gasteiger partial charge is 0.137 e. The molecular weight excluding hydrogens is 337 g/mol. The SMILES string of the molecule is N#C/C(=C(\Cl)c1ccc(F)c(Br)c1)c1cccs1. The number of nitriles is 1. The topological polar surface area (TPSA) is 23.8 Å². The lowest BCUT2D eigenvalue weighted by Crippen LogP contribution is -1.85. The van der Waals surface area contributed by atoms with Crippen molar-refractivity contribution in [3.8, 4) is 6.07 Å². The van der Waals surface area contributed by atoms with E-state index < -0.39 is 0 Å². The van der Waals surface area contributed by atoms with Crippen LogP contribution in [0, 0.1) is 17.1 Å². The zero-order chi connectivity index (χ0) is 13.1. The fraction of sp³-hybridized carbons (Fsp3) is 0. The average Bonchev–Trinajstić information content (AvgIpc) is 2.87. The number of hydrogen-bond donors (Lipinski definition) is 0. The van der Waals surface area contributed by atoms with Crippen LogP contribution in [0.2, 0.25) is 0 Å². The van der Waals surface area contributed by atoms with Crippen LogP contribution in [0.15, 0.2) is 40.2 Å². The molecule has 0 bridgehead atoms. The van der Waals surface area contributed by atoms with Crippen LogP contribution in [0.4, 0.5) is 4.39 Å². The van der Waals surface area contributed by atoms with Crippen molar-refractivity contribution in [3.05, 3.63) is 56.4 Å². The molecule has 1 aromatic carbocycles. The largest absolute Gasteiger partial charge is 0.206 e. The van der Waals surface area contributed by atoms with Crippen LogP contribution in [-0.4, -0.2) is 0 Å². The Hall–Kier alpha value is -1.15. The highest BCUT2D eigenvalue weighted by molar-refractivity contribution is 9.10. The molecule has 0 unspecified atom stereocenters. The van der Waals surface area contributed by atoms with Gasteiger partial charge in [-0.05, 0) is 45.1 Å². The van der Waals surface area contributed by atoms with Gasteiger partial charge < -0.3 is 0 Å². The molecule has 0 atom stereocenters. The van der Waals surface area contributed by atoms with E-state index in [2.05, 4.69) is 22.0 Å². The van der Waals surface area contributed by atoms with E-state index in [1.165, 1.54) is 17.4 Å². The molecule has 1 nitrogen and oxygen atoms in total. The number of allylic oxidation sites excluding steroid dienone is 1. The predicted molar refractivity (Wildman–Crippen MR) is 76.7 cm³/mol. The second kappa shape index (κ2) is 5.66. The summed E-state index contributed by atoms with van der Waals surface area (Å²) in [6, 6.07) is 10.2. The monoisotopic (exact) mass is 341 g/mol. The van der Waals surface area contributed by atoms with E-state index in [0.717, 1.165) is 4.88 Å². The number of nitrogens with zero attached hydrogens (tertiary/aromatic N) is 1. The van der Waals surface area contributed by atoms with Crippen molar-refractivity contribution in [2.75, 3.05) is 0 Å². The van der Waals surface area contributed by atoms with Gasteiger partial charge in [-0.3, -0.25) is 0 Å². The van der Waals surface area contributed by atoms with E-state index in [-0.39, 0.29) is 5.82 Å². The molecule has 5 heteroatoms. The molecule has 1 aromatic heterocycles. The summed E-state index contributed by atoms with van der Waals surface area (Å²) < 4.78 is 13.5. The first-order valence-corrected chi connectivity index (χ1v) is 6.97. The van der Waals surface area contributed by atoms with Crippen molar-refractivity contribution in [2.24, 2.45) is 0 Å². The number of thiophene rings is 1. The summed E-state index contributed by atoms with van der Waals surface area (Å²) in [6.07, 6.45) is 0. The fourth-order valence-corrected chi connectivity index (χ4v) is 2.83. The first-order valence-electron chi connectivity index (χ1n) is 4.92. The van der Waals surface area contributed by atoms with Crippen molar-refractivity contribution >= 4 is 49.5 Å². The van der Waals surface area contributed by atoms with E-state index in [1.54, 1.807) is 12.1 Å². The third-order valence-corrected chi connectivity index (χ3v) is 4.17. The van der Waals surface area contributed by atoms with E-state index in [0.29, 0.717) is 20.6 Å². The van der Waals surface area contributed by atoms with E-state index in [4.69, 9.17) is 11.6 Å². The van der Waals surface area contributed by atoms with E-state index in [9.17, 15) is 9.65 Å². The Bertz CT molecular complexity index is 644. The molecule has 0 aliphatic carbocycles. The first kappa shape index (κ1) is 13.3. The minimum absolute atomic E-state index is 0.320. The Balaban J connectivity index is 2.54. The van der Waals surface area contributed by atoms with E-state index in [1.807, 2.05) is 17.5 Å². The maximum Gasteiger partial charge on any atom is 0.137 e. The highest BCUT2D eigenvalue weighted by Gasteiger charge is 2.11.